The summed E-state index contributed by atoms with van der Waals surface area (Å²) in [5.74, 6) is 0.313. The number of hydrogen-bond acceptors (Lipinski definition) is 6. The number of carbonyl (C=O) groups excluding carboxylic acids is 2. The van der Waals surface area contributed by atoms with Gasteiger partial charge in [0, 0.05) is 12.5 Å². The van der Waals surface area contributed by atoms with Gasteiger partial charge in [0.05, 0.1) is 12.6 Å². The monoisotopic (exact) mass is 329 g/mol. The fourth-order valence-electron chi connectivity index (χ4n) is 2.35. The van der Waals surface area contributed by atoms with Crippen LogP contribution in [0.2, 0.25) is 0 Å². The van der Waals surface area contributed by atoms with Gasteiger partial charge >= 0.3 is 0 Å². The molecule has 0 aliphatic heterocycles. The molecule has 0 spiro atoms. The molecule has 2 amide bonds. The second kappa shape index (κ2) is 5.69. The Morgan fingerprint density at radius 1 is 1.29 bits per heavy atom. The standard InChI is InChI=1S/C15H15N5O4/c1-6-11(17-7(2)24-6)14(22)20-15-18-9-4-8(13(16)21)5-10(23-3)12(9)19-15/h4-5H,1-3H3,(H2,16,21)(H2,18,19,20,22). The fraction of sp³-hybridized carbons (Fsp3) is 0.200. The van der Waals surface area contributed by atoms with Gasteiger partial charge in [-0.25, -0.2) is 9.97 Å². The van der Waals surface area contributed by atoms with E-state index in [9.17, 15) is 9.59 Å². The van der Waals surface area contributed by atoms with Crippen molar-refractivity contribution in [1.82, 2.24) is 15.0 Å². The number of aromatic nitrogens is 3. The molecule has 0 bridgehead atoms. The predicted molar refractivity (Wildman–Crippen MR) is 85.1 cm³/mol. The van der Waals surface area contributed by atoms with Crippen molar-refractivity contribution in [2.24, 2.45) is 5.73 Å². The van der Waals surface area contributed by atoms with Crippen LogP contribution >= 0.6 is 0 Å². The number of primary amides is 1. The number of carbonyl (C=O) groups is 2. The van der Waals surface area contributed by atoms with Crippen molar-refractivity contribution in [1.29, 1.82) is 0 Å². The molecule has 0 unspecified atom stereocenters. The molecule has 0 radical (unpaired) electrons. The number of hydrogen-bond donors (Lipinski definition) is 3. The number of aryl methyl sites for hydroxylation is 2. The minimum atomic E-state index is -0.593. The normalized spacial score (nSPS) is 10.8. The Kier molecular flexibility index (Phi) is 3.68. The molecule has 0 aliphatic rings. The highest BCUT2D eigenvalue weighted by Gasteiger charge is 2.18. The van der Waals surface area contributed by atoms with Crippen LogP contribution in [0.25, 0.3) is 11.0 Å². The van der Waals surface area contributed by atoms with Crippen molar-refractivity contribution in [3.05, 3.63) is 35.0 Å². The molecule has 2 aromatic heterocycles. The molecule has 24 heavy (non-hydrogen) atoms. The minimum absolute atomic E-state index is 0.178. The first-order valence-corrected chi connectivity index (χ1v) is 7.02. The summed E-state index contributed by atoms with van der Waals surface area (Å²) in [4.78, 5) is 34.8. The van der Waals surface area contributed by atoms with E-state index in [2.05, 4.69) is 20.3 Å². The van der Waals surface area contributed by atoms with E-state index in [1.165, 1.54) is 19.2 Å². The smallest absolute Gasteiger partial charge is 0.280 e. The van der Waals surface area contributed by atoms with E-state index in [1.54, 1.807) is 13.8 Å². The third-order valence-corrected chi connectivity index (χ3v) is 3.41. The Morgan fingerprint density at radius 3 is 2.62 bits per heavy atom. The van der Waals surface area contributed by atoms with Gasteiger partial charge in [-0.15, -0.1) is 0 Å². The second-order valence-electron chi connectivity index (χ2n) is 5.12. The number of benzene rings is 1. The van der Waals surface area contributed by atoms with Crippen LogP contribution in [-0.4, -0.2) is 33.9 Å². The quantitative estimate of drug-likeness (QED) is 0.664. The van der Waals surface area contributed by atoms with Gasteiger partial charge in [0.25, 0.3) is 5.91 Å². The molecule has 4 N–H and O–H groups in total. The zero-order chi connectivity index (χ0) is 17.4. The lowest BCUT2D eigenvalue weighted by atomic mass is 10.2. The number of anilines is 1. The van der Waals surface area contributed by atoms with Crippen molar-refractivity contribution >= 4 is 28.8 Å². The molecule has 0 aliphatic carbocycles. The summed E-state index contributed by atoms with van der Waals surface area (Å²) in [6.07, 6.45) is 0. The second-order valence-corrected chi connectivity index (χ2v) is 5.12. The molecule has 124 valence electrons. The Morgan fingerprint density at radius 2 is 2.04 bits per heavy atom. The van der Waals surface area contributed by atoms with Crippen LogP contribution in [0.3, 0.4) is 0 Å². The van der Waals surface area contributed by atoms with Crippen molar-refractivity contribution in [3.8, 4) is 5.75 Å². The van der Waals surface area contributed by atoms with Crippen molar-refractivity contribution in [2.45, 2.75) is 13.8 Å². The summed E-state index contributed by atoms with van der Waals surface area (Å²) < 4.78 is 10.5. The molecule has 1 aromatic carbocycles. The molecule has 0 fully saturated rings. The molecule has 9 heteroatoms. The number of amides is 2. The maximum absolute atomic E-state index is 12.3. The Labute approximate surface area is 136 Å². The lowest BCUT2D eigenvalue weighted by Gasteiger charge is -2.02. The molecule has 9 nitrogen and oxygen atoms in total. The summed E-state index contributed by atoms with van der Waals surface area (Å²) >= 11 is 0. The highest BCUT2D eigenvalue weighted by atomic mass is 16.5. The van der Waals surface area contributed by atoms with Crippen LogP contribution in [-0.2, 0) is 0 Å². The van der Waals surface area contributed by atoms with Crippen LogP contribution in [0, 0.1) is 13.8 Å². The van der Waals surface area contributed by atoms with Gasteiger partial charge in [0.2, 0.25) is 11.9 Å². The molecular formula is C15H15N5O4. The third kappa shape index (κ3) is 2.67. The number of H-pyrrole nitrogens is 1. The van der Waals surface area contributed by atoms with Crippen molar-refractivity contribution in [2.75, 3.05) is 12.4 Å². The largest absolute Gasteiger partial charge is 0.494 e. The zero-order valence-electron chi connectivity index (χ0n) is 13.3. The number of nitrogens with zero attached hydrogens (tertiary/aromatic N) is 2. The van der Waals surface area contributed by atoms with E-state index in [-0.39, 0.29) is 17.2 Å². The van der Waals surface area contributed by atoms with Crippen molar-refractivity contribution < 1.29 is 18.7 Å². The van der Waals surface area contributed by atoms with Crippen LogP contribution in [0.5, 0.6) is 5.75 Å². The number of fused-ring (bicyclic) bond motifs is 1. The summed E-state index contributed by atoms with van der Waals surface area (Å²) in [5, 5.41) is 2.60. The highest BCUT2D eigenvalue weighted by molar-refractivity contribution is 6.04. The maximum atomic E-state index is 12.3. The van der Waals surface area contributed by atoms with E-state index in [0.29, 0.717) is 28.4 Å². The number of ether oxygens (including phenoxy) is 1. The SMILES string of the molecule is COc1cc(C(N)=O)cc2[nH]c(NC(=O)c3nc(C)oc3C)nc12. The van der Waals surface area contributed by atoms with E-state index in [4.69, 9.17) is 14.9 Å². The first-order chi connectivity index (χ1) is 11.4. The number of nitrogens with two attached hydrogens (primary N) is 1. The summed E-state index contributed by atoms with van der Waals surface area (Å²) in [7, 11) is 1.45. The summed E-state index contributed by atoms with van der Waals surface area (Å²) in [6, 6.07) is 3.02. The van der Waals surface area contributed by atoms with Gasteiger partial charge in [0.1, 0.15) is 17.0 Å². The van der Waals surface area contributed by atoms with Gasteiger partial charge in [0.15, 0.2) is 11.6 Å². The molecule has 3 aromatic rings. The number of aromatic amines is 1. The molecular weight excluding hydrogens is 314 g/mol. The minimum Gasteiger partial charge on any atom is -0.494 e. The molecule has 0 saturated heterocycles. The third-order valence-electron chi connectivity index (χ3n) is 3.41. The topological polar surface area (TPSA) is 136 Å². The Bertz CT molecular complexity index is 956. The highest BCUT2D eigenvalue weighted by Crippen LogP contribution is 2.27. The number of rotatable bonds is 4. The first-order valence-electron chi connectivity index (χ1n) is 7.02. The Balaban J connectivity index is 1.97. The van der Waals surface area contributed by atoms with E-state index in [1.807, 2.05) is 0 Å². The van der Waals surface area contributed by atoms with Crippen molar-refractivity contribution in [3.63, 3.8) is 0 Å². The molecule has 0 atom stereocenters. The average Bonchev–Trinajstić information content (AvgIpc) is 3.07. The Hall–Kier alpha value is -3.36. The van der Waals surface area contributed by atoms with E-state index in [0.717, 1.165) is 0 Å². The lowest BCUT2D eigenvalue weighted by molar-refractivity contribution is 0.0996. The zero-order valence-corrected chi connectivity index (χ0v) is 13.3. The maximum Gasteiger partial charge on any atom is 0.280 e. The fourth-order valence-corrected chi connectivity index (χ4v) is 2.35. The molecule has 0 saturated carbocycles. The van der Waals surface area contributed by atoms with Crippen LogP contribution in [0.4, 0.5) is 5.95 Å². The van der Waals surface area contributed by atoms with Gasteiger partial charge < -0.3 is 19.9 Å². The van der Waals surface area contributed by atoms with E-state index >= 15 is 0 Å². The summed E-state index contributed by atoms with van der Waals surface area (Å²) in [5.41, 5.74) is 6.71. The molecule has 3 rings (SSSR count). The number of nitrogens with one attached hydrogen (secondary N) is 2. The number of imidazole rings is 1. The predicted octanol–water partition coefficient (Wildman–Crippen LogP) is 1.53. The van der Waals surface area contributed by atoms with Gasteiger partial charge in [-0.2, -0.15) is 0 Å². The van der Waals surface area contributed by atoms with E-state index < -0.39 is 11.8 Å². The first kappa shape index (κ1) is 15.5. The van der Waals surface area contributed by atoms with Crippen LogP contribution < -0.4 is 15.8 Å². The van der Waals surface area contributed by atoms with Crippen LogP contribution in [0.1, 0.15) is 32.5 Å². The van der Waals surface area contributed by atoms with Gasteiger partial charge in [-0.3, -0.25) is 14.9 Å². The average molecular weight is 329 g/mol. The molecule has 2 heterocycles. The number of methoxy groups -OCH3 is 1. The van der Waals surface area contributed by atoms with Gasteiger partial charge in [-0.05, 0) is 19.1 Å². The lowest BCUT2D eigenvalue weighted by Crippen LogP contribution is -2.14. The van der Waals surface area contributed by atoms with Gasteiger partial charge in [-0.1, -0.05) is 0 Å². The number of oxazole rings is 1. The summed E-state index contributed by atoms with van der Waals surface area (Å²) in [6.45, 7) is 3.30. The van der Waals surface area contributed by atoms with Crippen LogP contribution in [0.15, 0.2) is 16.5 Å².